The zero-order valence-corrected chi connectivity index (χ0v) is 22.1. The van der Waals surface area contributed by atoms with Crippen molar-refractivity contribution in [1.82, 2.24) is 4.98 Å². The zero-order chi connectivity index (χ0) is 26.6. The monoisotopic (exact) mass is 538 g/mol. The van der Waals surface area contributed by atoms with Crippen LogP contribution in [-0.2, 0) is 27.2 Å². The minimum Gasteiger partial charge on any atom is -0.488 e. The quantitative estimate of drug-likeness (QED) is 0.356. The van der Waals surface area contributed by atoms with Gasteiger partial charge in [-0.2, -0.15) is 0 Å². The van der Waals surface area contributed by atoms with Gasteiger partial charge >= 0.3 is 0 Å². The maximum atomic E-state index is 14.1. The molecular formula is C28H31FN4O4S. The first-order chi connectivity index (χ1) is 18.4. The van der Waals surface area contributed by atoms with Crippen LogP contribution in [0.5, 0.6) is 5.75 Å². The van der Waals surface area contributed by atoms with Gasteiger partial charge < -0.3 is 25.4 Å². The maximum absolute atomic E-state index is 14.1. The Hall–Kier alpha value is -3.34. The second kappa shape index (κ2) is 11.6. The summed E-state index contributed by atoms with van der Waals surface area (Å²) in [5, 5.41) is 3.37. The van der Waals surface area contributed by atoms with Crippen LogP contribution in [0.3, 0.4) is 0 Å². The van der Waals surface area contributed by atoms with Crippen molar-refractivity contribution < 1.29 is 23.5 Å². The minimum absolute atomic E-state index is 0.0535. The molecule has 38 heavy (non-hydrogen) atoms. The van der Waals surface area contributed by atoms with Crippen LogP contribution in [0.4, 0.5) is 15.2 Å². The molecule has 0 radical (unpaired) electrons. The van der Waals surface area contributed by atoms with Crippen LogP contribution in [0.25, 0.3) is 11.3 Å². The van der Waals surface area contributed by atoms with Gasteiger partial charge in [-0.1, -0.05) is 12.1 Å². The zero-order valence-electron chi connectivity index (χ0n) is 21.3. The molecule has 0 saturated heterocycles. The van der Waals surface area contributed by atoms with E-state index in [9.17, 15) is 14.0 Å². The van der Waals surface area contributed by atoms with Crippen LogP contribution in [0.15, 0.2) is 36.4 Å². The lowest BCUT2D eigenvalue weighted by Crippen LogP contribution is -2.30. The number of nitrogens with zero attached hydrogens (tertiary/aromatic N) is 2. The molecule has 2 amide bonds. The number of amides is 2. The third-order valence-corrected chi connectivity index (χ3v) is 7.48. The molecule has 0 unspecified atom stereocenters. The van der Waals surface area contributed by atoms with E-state index in [1.807, 2.05) is 24.0 Å². The van der Waals surface area contributed by atoms with Crippen molar-refractivity contribution in [2.75, 3.05) is 43.1 Å². The molecule has 1 fully saturated rings. The number of nitrogens with two attached hydrogens (primary N) is 1. The number of hydrogen-bond acceptors (Lipinski definition) is 7. The van der Waals surface area contributed by atoms with Gasteiger partial charge in [-0.25, -0.2) is 9.37 Å². The standard InChI is InChI=1S/C28H31FN4O4S/c1-17-26(21-5-7-23-20(16-21)8-10-33(23)27(35)19-3-4-19)32-28(38-17)31-25(34)15-18-2-6-22(29)24(14-18)37-13-12-36-11-9-30/h2,5-7,14,16,19H,3-4,8-13,15,30H2,1H3,(H,31,32,34). The first kappa shape index (κ1) is 26.3. The molecule has 0 atom stereocenters. The van der Waals surface area contributed by atoms with Gasteiger partial charge in [-0.3, -0.25) is 9.59 Å². The molecule has 200 valence electrons. The molecule has 2 heterocycles. The Bertz CT molecular complexity index is 1340. The van der Waals surface area contributed by atoms with Gasteiger partial charge in [-0.05, 0) is 61.6 Å². The van der Waals surface area contributed by atoms with E-state index in [2.05, 4.69) is 16.4 Å². The highest BCUT2D eigenvalue weighted by Gasteiger charge is 2.36. The molecule has 3 aromatic rings. The van der Waals surface area contributed by atoms with Crippen LogP contribution in [-0.4, -0.2) is 49.7 Å². The maximum Gasteiger partial charge on any atom is 0.230 e. The Balaban J connectivity index is 1.21. The fraction of sp³-hybridized carbons (Fsp3) is 0.393. The van der Waals surface area contributed by atoms with E-state index in [0.717, 1.165) is 53.2 Å². The lowest BCUT2D eigenvalue weighted by Gasteiger charge is -2.17. The van der Waals surface area contributed by atoms with Gasteiger partial charge in [0.15, 0.2) is 16.7 Å². The first-order valence-corrected chi connectivity index (χ1v) is 13.7. The van der Waals surface area contributed by atoms with Crippen molar-refractivity contribution >= 4 is 34.0 Å². The number of nitrogens with one attached hydrogen (secondary N) is 1. The molecule has 1 aliphatic heterocycles. The lowest BCUT2D eigenvalue weighted by molar-refractivity contribution is -0.119. The second-order valence-electron chi connectivity index (χ2n) is 9.52. The number of benzene rings is 2. The number of halogens is 1. The normalized spacial score (nSPS) is 14.4. The third kappa shape index (κ3) is 6.03. The summed E-state index contributed by atoms with van der Waals surface area (Å²) in [5.74, 6) is -0.238. The summed E-state index contributed by atoms with van der Waals surface area (Å²) in [6, 6.07) is 10.5. The summed E-state index contributed by atoms with van der Waals surface area (Å²) in [7, 11) is 0. The van der Waals surface area contributed by atoms with Gasteiger partial charge in [0.25, 0.3) is 0 Å². The van der Waals surface area contributed by atoms with E-state index in [0.29, 0.717) is 30.5 Å². The fourth-order valence-electron chi connectivity index (χ4n) is 4.56. The Morgan fingerprint density at radius 2 is 2.03 bits per heavy atom. The van der Waals surface area contributed by atoms with Crippen molar-refractivity contribution in [3.8, 4) is 17.0 Å². The average Bonchev–Trinajstić information content (AvgIpc) is 3.57. The van der Waals surface area contributed by atoms with Crippen molar-refractivity contribution in [2.45, 2.75) is 32.6 Å². The van der Waals surface area contributed by atoms with Gasteiger partial charge in [0.1, 0.15) is 6.61 Å². The minimum atomic E-state index is -0.498. The smallest absolute Gasteiger partial charge is 0.230 e. The highest BCUT2D eigenvalue weighted by atomic mass is 32.1. The molecule has 8 nitrogen and oxygen atoms in total. The van der Waals surface area contributed by atoms with Gasteiger partial charge in [0.2, 0.25) is 11.8 Å². The average molecular weight is 539 g/mol. The second-order valence-corrected chi connectivity index (χ2v) is 10.7. The van der Waals surface area contributed by atoms with Crippen molar-refractivity contribution in [2.24, 2.45) is 11.7 Å². The van der Waals surface area contributed by atoms with E-state index in [1.54, 1.807) is 6.07 Å². The van der Waals surface area contributed by atoms with E-state index in [-0.39, 0.29) is 36.5 Å². The van der Waals surface area contributed by atoms with Crippen LogP contribution in [0.2, 0.25) is 0 Å². The van der Waals surface area contributed by atoms with Crippen molar-refractivity contribution in [3.63, 3.8) is 0 Å². The molecule has 0 spiro atoms. The molecule has 1 aromatic heterocycles. The molecule has 5 rings (SSSR count). The predicted molar refractivity (Wildman–Crippen MR) is 145 cm³/mol. The molecule has 1 saturated carbocycles. The number of thiazole rings is 1. The van der Waals surface area contributed by atoms with E-state index >= 15 is 0 Å². The summed E-state index contributed by atoms with van der Waals surface area (Å²) in [6.07, 6.45) is 2.88. The van der Waals surface area contributed by atoms with Gasteiger partial charge in [0, 0.05) is 35.1 Å². The van der Waals surface area contributed by atoms with E-state index < -0.39 is 5.82 Å². The van der Waals surface area contributed by atoms with Gasteiger partial charge in [-0.15, -0.1) is 11.3 Å². The summed E-state index contributed by atoms with van der Waals surface area (Å²) >= 11 is 1.41. The van der Waals surface area contributed by atoms with E-state index in [1.165, 1.54) is 23.5 Å². The summed E-state index contributed by atoms with van der Waals surface area (Å²) in [6.45, 7) is 4.01. The van der Waals surface area contributed by atoms with Crippen LogP contribution in [0, 0.1) is 18.7 Å². The summed E-state index contributed by atoms with van der Waals surface area (Å²) in [5.41, 5.74) is 9.92. The number of carbonyl (C=O) groups excluding carboxylic acids is 2. The van der Waals surface area contributed by atoms with Gasteiger partial charge in [0.05, 0.1) is 25.3 Å². The SMILES string of the molecule is Cc1sc(NC(=O)Cc2ccc(F)c(OCCOCCN)c2)nc1-c1ccc2c(c1)CCN2C(=O)C1CC1. The molecule has 1 aliphatic carbocycles. The Kier molecular flexibility index (Phi) is 8.01. The molecule has 10 heteroatoms. The van der Waals surface area contributed by atoms with Crippen LogP contribution >= 0.6 is 11.3 Å². The molecule has 0 bridgehead atoms. The number of anilines is 2. The molecule has 2 aromatic carbocycles. The lowest BCUT2D eigenvalue weighted by atomic mass is 10.1. The first-order valence-electron chi connectivity index (χ1n) is 12.8. The number of fused-ring (bicyclic) bond motifs is 1. The number of rotatable bonds is 11. The van der Waals surface area contributed by atoms with Crippen LogP contribution in [0.1, 0.15) is 28.8 Å². The number of aryl methyl sites for hydroxylation is 1. The van der Waals surface area contributed by atoms with E-state index in [4.69, 9.17) is 15.2 Å². The highest BCUT2D eigenvalue weighted by molar-refractivity contribution is 7.16. The topological polar surface area (TPSA) is 107 Å². The van der Waals surface area contributed by atoms with Crippen LogP contribution < -0.4 is 20.7 Å². The summed E-state index contributed by atoms with van der Waals surface area (Å²) < 4.78 is 24.8. The highest BCUT2D eigenvalue weighted by Crippen LogP contribution is 2.39. The largest absolute Gasteiger partial charge is 0.488 e. The number of ether oxygens (including phenoxy) is 2. The van der Waals surface area contributed by atoms with Crippen molar-refractivity contribution in [3.05, 3.63) is 58.2 Å². The number of aromatic nitrogens is 1. The number of carbonyl (C=O) groups is 2. The summed E-state index contributed by atoms with van der Waals surface area (Å²) in [4.78, 5) is 32.9. The fourth-order valence-corrected chi connectivity index (χ4v) is 5.41. The third-order valence-electron chi connectivity index (χ3n) is 6.59. The number of hydrogen-bond donors (Lipinski definition) is 2. The molecular weight excluding hydrogens is 507 g/mol. The predicted octanol–water partition coefficient (Wildman–Crippen LogP) is 4.09. The Labute approximate surface area is 225 Å². The molecule has 3 N–H and O–H groups in total. The van der Waals surface area contributed by atoms with Crippen molar-refractivity contribution in [1.29, 1.82) is 0 Å². The molecule has 2 aliphatic rings. The Morgan fingerprint density at radius 3 is 2.82 bits per heavy atom. The Morgan fingerprint density at radius 1 is 1.18 bits per heavy atom.